The van der Waals surface area contributed by atoms with E-state index < -0.39 is 5.97 Å². The smallest absolute Gasteiger partial charge is 0.347 e. The largest absolute Gasteiger partial charge is 0.497 e. The number of carboxylic acid groups (broad SMARTS) is 1. The molecular weight excluding hydrogens is 286 g/mol. The summed E-state index contributed by atoms with van der Waals surface area (Å²) in [6.07, 6.45) is 0. The molecule has 2 aromatic carbocycles. The second kappa shape index (κ2) is 5.18. The van der Waals surface area contributed by atoms with Crippen LogP contribution in [-0.2, 0) is 0 Å². The van der Waals surface area contributed by atoms with Crippen LogP contribution < -0.4 is 4.74 Å². The van der Waals surface area contributed by atoms with Gasteiger partial charge in [-0.25, -0.2) is 9.78 Å². The minimum Gasteiger partial charge on any atom is -0.497 e. The fraction of sp³-hybridized carbons (Fsp3) is 0.125. The Labute approximate surface area is 125 Å². The van der Waals surface area contributed by atoms with E-state index in [2.05, 4.69) is 4.98 Å². The van der Waals surface area contributed by atoms with E-state index in [9.17, 15) is 4.79 Å². The number of hydrogen-bond donors (Lipinski definition) is 1. The van der Waals surface area contributed by atoms with Gasteiger partial charge in [0.25, 0.3) is 0 Å². The molecule has 0 aliphatic carbocycles. The molecule has 0 saturated carbocycles. The van der Waals surface area contributed by atoms with E-state index >= 15 is 0 Å². The van der Waals surface area contributed by atoms with E-state index in [0.717, 1.165) is 27.1 Å². The number of hydrogen-bond acceptors (Lipinski definition) is 4. The Balaban J connectivity index is 2.08. The molecule has 106 valence electrons. The molecule has 0 aliphatic rings. The summed E-state index contributed by atoms with van der Waals surface area (Å²) in [4.78, 5) is 15.8. The summed E-state index contributed by atoms with van der Waals surface area (Å²) in [5.74, 6) is -0.115. The van der Waals surface area contributed by atoms with Crippen LogP contribution in [0.1, 0.15) is 15.4 Å². The third-order valence-corrected chi connectivity index (χ3v) is 4.48. The van der Waals surface area contributed by atoms with Crippen LogP contribution in [0.25, 0.3) is 21.3 Å². The summed E-state index contributed by atoms with van der Waals surface area (Å²) in [6, 6.07) is 11.8. The Kier molecular flexibility index (Phi) is 3.35. The molecule has 3 aromatic rings. The number of aryl methyl sites for hydroxylation is 1. The number of methoxy groups -OCH3 is 1. The molecule has 0 spiro atoms. The lowest BCUT2D eigenvalue weighted by atomic mass is 10.1. The van der Waals surface area contributed by atoms with Gasteiger partial charge in [0.2, 0.25) is 0 Å². The number of rotatable bonds is 3. The van der Waals surface area contributed by atoms with Crippen molar-refractivity contribution in [2.24, 2.45) is 0 Å². The zero-order chi connectivity index (χ0) is 15.0. The van der Waals surface area contributed by atoms with Crippen LogP contribution in [0.4, 0.5) is 0 Å². The first-order valence-electron chi connectivity index (χ1n) is 6.37. The highest BCUT2D eigenvalue weighted by Gasteiger charge is 2.15. The van der Waals surface area contributed by atoms with Crippen molar-refractivity contribution in [2.75, 3.05) is 7.11 Å². The van der Waals surface area contributed by atoms with E-state index in [0.29, 0.717) is 10.6 Å². The highest BCUT2D eigenvalue weighted by Crippen LogP contribution is 2.31. The molecule has 0 radical (unpaired) electrons. The molecule has 3 rings (SSSR count). The maximum absolute atomic E-state index is 11.1. The number of ether oxygens (including phenoxy) is 1. The third-order valence-electron chi connectivity index (χ3n) is 3.29. The Bertz CT molecular complexity index is 839. The van der Waals surface area contributed by atoms with Crippen LogP contribution in [0.5, 0.6) is 5.75 Å². The van der Waals surface area contributed by atoms with Crippen molar-refractivity contribution in [3.63, 3.8) is 0 Å². The quantitative estimate of drug-likeness (QED) is 0.794. The Morgan fingerprint density at radius 2 is 1.90 bits per heavy atom. The van der Waals surface area contributed by atoms with Crippen LogP contribution in [-0.4, -0.2) is 23.2 Å². The third kappa shape index (κ3) is 2.48. The van der Waals surface area contributed by atoms with Gasteiger partial charge in [-0.2, -0.15) is 0 Å². The van der Waals surface area contributed by atoms with Gasteiger partial charge in [0.05, 0.1) is 12.8 Å². The summed E-state index contributed by atoms with van der Waals surface area (Å²) in [7, 11) is 1.64. The topological polar surface area (TPSA) is 59.4 Å². The van der Waals surface area contributed by atoms with Crippen molar-refractivity contribution in [1.29, 1.82) is 0 Å². The molecule has 0 unspecified atom stereocenters. The lowest BCUT2D eigenvalue weighted by Gasteiger charge is -2.04. The molecule has 0 bridgehead atoms. The number of fused-ring (bicyclic) bond motifs is 1. The zero-order valence-electron chi connectivity index (χ0n) is 11.6. The van der Waals surface area contributed by atoms with Crippen molar-refractivity contribution in [2.45, 2.75) is 6.92 Å². The molecule has 0 fully saturated rings. The Hall–Kier alpha value is -2.40. The van der Waals surface area contributed by atoms with Crippen LogP contribution in [0.3, 0.4) is 0 Å². The number of aromatic carboxylic acids is 1. The first kappa shape index (κ1) is 13.6. The highest BCUT2D eigenvalue weighted by atomic mass is 32.1. The SMILES string of the molecule is COc1ccc2cc(-c3nc(C)c(C(=O)O)s3)ccc2c1. The van der Waals surface area contributed by atoms with Crippen LogP contribution in [0.15, 0.2) is 36.4 Å². The molecule has 0 saturated heterocycles. The minimum atomic E-state index is -0.929. The fourth-order valence-electron chi connectivity index (χ4n) is 2.20. The molecule has 1 aromatic heterocycles. The molecule has 1 heterocycles. The molecule has 21 heavy (non-hydrogen) atoms. The molecule has 1 N–H and O–H groups in total. The van der Waals surface area contributed by atoms with Crippen molar-refractivity contribution >= 4 is 28.1 Å². The summed E-state index contributed by atoms with van der Waals surface area (Å²) in [5.41, 5.74) is 1.48. The summed E-state index contributed by atoms with van der Waals surface area (Å²) in [5, 5.41) is 12.0. The number of aromatic nitrogens is 1. The van der Waals surface area contributed by atoms with Crippen LogP contribution in [0.2, 0.25) is 0 Å². The summed E-state index contributed by atoms with van der Waals surface area (Å²) < 4.78 is 5.21. The molecule has 0 atom stereocenters. The average Bonchev–Trinajstić information content (AvgIpc) is 2.88. The van der Waals surface area contributed by atoms with Crippen LogP contribution >= 0.6 is 11.3 Å². The van der Waals surface area contributed by atoms with Gasteiger partial charge in [0.1, 0.15) is 15.6 Å². The Morgan fingerprint density at radius 1 is 1.19 bits per heavy atom. The summed E-state index contributed by atoms with van der Waals surface area (Å²) in [6.45, 7) is 1.72. The average molecular weight is 299 g/mol. The van der Waals surface area contributed by atoms with E-state index in [1.165, 1.54) is 11.3 Å². The maximum atomic E-state index is 11.1. The molecular formula is C16H13NO3S. The minimum absolute atomic E-state index is 0.292. The predicted molar refractivity (Wildman–Crippen MR) is 83.3 cm³/mol. The van der Waals surface area contributed by atoms with Gasteiger partial charge < -0.3 is 9.84 Å². The number of benzene rings is 2. The molecule has 5 heteroatoms. The predicted octanol–water partition coefficient (Wildman–Crippen LogP) is 3.98. The molecule has 0 aliphatic heterocycles. The first-order chi connectivity index (χ1) is 10.1. The van der Waals surface area contributed by atoms with Crippen molar-refractivity contribution in [3.8, 4) is 16.3 Å². The van der Waals surface area contributed by atoms with E-state index in [-0.39, 0.29) is 0 Å². The second-order valence-corrected chi connectivity index (χ2v) is 5.67. The Morgan fingerprint density at radius 3 is 2.57 bits per heavy atom. The maximum Gasteiger partial charge on any atom is 0.347 e. The number of carboxylic acids is 1. The van der Waals surface area contributed by atoms with Gasteiger partial charge in [-0.1, -0.05) is 18.2 Å². The number of nitrogens with zero attached hydrogens (tertiary/aromatic N) is 1. The first-order valence-corrected chi connectivity index (χ1v) is 7.19. The summed E-state index contributed by atoms with van der Waals surface area (Å²) >= 11 is 1.20. The van der Waals surface area contributed by atoms with Crippen LogP contribution in [0, 0.1) is 6.92 Å². The standard InChI is InChI=1S/C16H13NO3S/c1-9-14(16(18)19)21-15(17-9)12-4-3-11-8-13(20-2)6-5-10(11)7-12/h3-8H,1-2H3,(H,18,19). The lowest BCUT2D eigenvalue weighted by molar-refractivity contribution is 0.0701. The fourth-order valence-corrected chi connectivity index (χ4v) is 3.10. The van der Waals surface area contributed by atoms with Crippen molar-refractivity contribution in [3.05, 3.63) is 47.0 Å². The van der Waals surface area contributed by atoms with Gasteiger partial charge >= 0.3 is 5.97 Å². The highest BCUT2D eigenvalue weighted by molar-refractivity contribution is 7.17. The second-order valence-electron chi connectivity index (χ2n) is 4.67. The van der Waals surface area contributed by atoms with E-state index in [1.807, 2.05) is 36.4 Å². The van der Waals surface area contributed by atoms with Gasteiger partial charge in [-0.3, -0.25) is 0 Å². The van der Waals surface area contributed by atoms with E-state index in [4.69, 9.17) is 9.84 Å². The number of thiazole rings is 1. The lowest BCUT2D eigenvalue weighted by Crippen LogP contribution is -1.94. The van der Waals surface area contributed by atoms with Crippen molar-refractivity contribution in [1.82, 2.24) is 4.98 Å². The van der Waals surface area contributed by atoms with Gasteiger partial charge in [0, 0.05) is 5.56 Å². The zero-order valence-corrected chi connectivity index (χ0v) is 12.4. The molecule has 4 nitrogen and oxygen atoms in total. The van der Waals surface area contributed by atoms with Crippen molar-refractivity contribution < 1.29 is 14.6 Å². The monoisotopic (exact) mass is 299 g/mol. The molecule has 0 amide bonds. The number of carbonyl (C=O) groups is 1. The van der Waals surface area contributed by atoms with Gasteiger partial charge in [-0.05, 0) is 35.9 Å². The van der Waals surface area contributed by atoms with Gasteiger partial charge in [0.15, 0.2) is 0 Å². The van der Waals surface area contributed by atoms with E-state index in [1.54, 1.807) is 14.0 Å². The normalized spacial score (nSPS) is 10.8. The van der Waals surface area contributed by atoms with Gasteiger partial charge in [-0.15, -0.1) is 11.3 Å².